The third-order valence-corrected chi connectivity index (χ3v) is 5.22. The van der Waals surface area contributed by atoms with Crippen molar-refractivity contribution in [3.63, 3.8) is 0 Å². The molecule has 26 heavy (non-hydrogen) atoms. The summed E-state index contributed by atoms with van der Waals surface area (Å²) in [6.07, 6.45) is 1.04. The Kier molecular flexibility index (Phi) is 4.20. The SMILES string of the molecule is CC1Cc2cc(-c3cc(C(=O)Nc4nnc(C(C)C)s4)no3)ccc2O1. The van der Waals surface area contributed by atoms with E-state index in [1.807, 2.05) is 39.0 Å². The fourth-order valence-corrected chi connectivity index (χ4v) is 3.51. The summed E-state index contributed by atoms with van der Waals surface area (Å²) in [5.74, 6) is 1.33. The molecule has 0 bridgehead atoms. The van der Waals surface area contributed by atoms with E-state index in [2.05, 4.69) is 20.7 Å². The van der Waals surface area contributed by atoms with Crippen LogP contribution in [0.1, 0.15) is 47.7 Å². The molecule has 1 aliphatic heterocycles. The number of aromatic nitrogens is 3. The highest BCUT2D eigenvalue weighted by molar-refractivity contribution is 7.15. The first-order valence-corrected chi connectivity index (χ1v) is 9.22. The zero-order valence-corrected chi connectivity index (χ0v) is 15.5. The normalized spacial score (nSPS) is 15.8. The van der Waals surface area contributed by atoms with Gasteiger partial charge in [0.1, 0.15) is 16.9 Å². The molecule has 1 unspecified atom stereocenters. The molecule has 0 radical (unpaired) electrons. The minimum Gasteiger partial charge on any atom is -0.490 e. The molecule has 1 N–H and O–H groups in total. The van der Waals surface area contributed by atoms with Crippen LogP contribution in [0.25, 0.3) is 11.3 Å². The van der Waals surface area contributed by atoms with Crippen molar-refractivity contribution < 1.29 is 14.1 Å². The summed E-state index contributed by atoms with van der Waals surface area (Å²) in [4.78, 5) is 12.4. The number of nitrogens with zero attached hydrogens (tertiary/aromatic N) is 3. The summed E-state index contributed by atoms with van der Waals surface area (Å²) >= 11 is 1.35. The average Bonchev–Trinajstić information content (AvgIpc) is 3.32. The van der Waals surface area contributed by atoms with Gasteiger partial charge in [-0.2, -0.15) is 0 Å². The second kappa shape index (κ2) is 6.53. The van der Waals surface area contributed by atoms with Crippen molar-refractivity contribution in [2.45, 2.75) is 39.2 Å². The molecule has 134 valence electrons. The fourth-order valence-electron chi connectivity index (χ4n) is 2.77. The Balaban J connectivity index is 1.50. The molecule has 1 aromatic carbocycles. The van der Waals surface area contributed by atoms with Gasteiger partial charge in [-0.25, -0.2) is 0 Å². The van der Waals surface area contributed by atoms with Gasteiger partial charge in [-0.3, -0.25) is 10.1 Å². The topological polar surface area (TPSA) is 90.1 Å². The zero-order chi connectivity index (χ0) is 18.3. The number of fused-ring (bicyclic) bond motifs is 1. The van der Waals surface area contributed by atoms with Crippen molar-refractivity contribution in [1.82, 2.24) is 15.4 Å². The predicted octanol–water partition coefficient (Wildman–Crippen LogP) is 3.89. The predicted molar refractivity (Wildman–Crippen MR) is 97.7 cm³/mol. The van der Waals surface area contributed by atoms with Gasteiger partial charge < -0.3 is 9.26 Å². The third kappa shape index (κ3) is 3.20. The number of ether oxygens (including phenoxy) is 1. The minimum absolute atomic E-state index is 0.180. The molecule has 1 amide bonds. The standard InChI is InChI=1S/C18H18N4O3S/c1-9(2)17-20-21-18(26-17)19-16(23)13-8-15(25-22-13)11-4-5-14-12(7-11)6-10(3)24-14/h4-5,7-10H,6H2,1-3H3,(H,19,21,23). The fraction of sp³-hybridized carbons (Fsp3) is 0.333. The lowest BCUT2D eigenvalue weighted by Crippen LogP contribution is -2.11. The van der Waals surface area contributed by atoms with Crippen LogP contribution in [0.3, 0.4) is 0 Å². The first kappa shape index (κ1) is 16.7. The maximum absolute atomic E-state index is 12.4. The molecule has 1 atom stereocenters. The number of amides is 1. The van der Waals surface area contributed by atoms with Crippen molar-refractivity contribution in [1.29, 1.82) is 0 Å². The van der Waals surface area contributed by atoms with Gasteiger partial charge in [0.2, 0.25) is 5.13 Å². The van der Waals surface area contributed by atoms with E-state index < -0.39 is 0 Å². The van der Waals surface area contributed by atoms with Crippen LogP contribution in [0.15, 0.2) is 28.8 Å². The summed E-state index contributed by atoms with van der Waals surface area (Å²) in [5.41, 5.74) is 2.20. The molecule has 2 aromatic heterocycles. The van der Waals surface area contributed by atoms with Gasteiger partial charge in [0.15, 0.2) is 11.5 Å². The van der Waals surface area contributed by atoms with Crippen LogP contribution < -0.4 is 10.1 Å². The quantitative estimate of drug-likeness (QED) is 0.749. The lowest BCUT2D eigenvalue weighted by atomic mass is 10.1. The third-order valence-electron chi connectivity index (χ3n) is 4.08. The molecule has 0 fully saturated rings. The van der Waals surface area contributed by atoms with Crippen molar-refractivity contribution >= 4 is 22.4 Å². The Morgan fingerprint density at radius 1 is 1.31 bits per heavy atom. The maximum Gasteiger partial charge on any atom is 0.279 e. The molecule has 0 aliphatic carbocycles. The largest absolute Gasteiger partial charge is 0.490 e. The monoisotopic (exact) mass is 370 g/mol. The van der Waals surface area contributed by atoms with Crippen LogP contribution >= 0.6 is 11.3 Å². The number of carbonyl (C=O) groups is 1. The summed E-state index contributed by atoms with van der Waals surface area (Å²) in [5, 5.41) is 15.9. The second-order valence-corrected chi connectivity index (χ2v) is 7.59. The smallest absolute Gasteiger partial charge is 0.279 e. The van der Waals surface area contributed by atoms with Crippen LogP contribution in [-0.2, 0) is 6.42 Å². The summed E-state index contributed by atoms with van der Waals surface area (Å²) in [6.45, 7) is 6.09. The molecular weight excluding hydrogens is 352 g/mol. The number of anilines is 1. The molecule has 0 spiro atoms. The highest BCUT2D eigenvalue weighted by Gasteiger charge is 2.21. The van der Waals surface area contributed by atoms with Crippen LogP contribution in [0, 0.1) is 0 Å². The van der Waals surface area contributed by atoms with Crippen molar-refractivity contribution in [2.24, 2.45) is 0 Å². The number of rotatable bonds is 4. The maximum atomic E-state index is 12.4. The molecule has 0 saturated heterocycles. The average molecular weight is 370 g/mol. The van der Waals surface area contributed by atoms with Gasteiger partial charge in [-0.05, 0) is 30.7 Å². The number of hydrogen-bond acceptors (Lipinski definition) is 7. The molecular formula is C18H18N4O3S. The highest BCUT2D eigenvalue weighted by atomic mass is 32.1. The van der Waals surface area contributed by atoms with Crippen molar-refractivity contribution in [3.8, 4) is 17.1 Å². The summed E-state index contributed by atoms with van der Waals surface area (Å²) in [6, 6.07) is 7.46. The van der Waals surface area contributed by atoms with E-state index in [0.717, 1.165) is 28.3 Å². The van der Waals surface area contributed by atoms with E-state index >= 15 is 0 Å². The molecule has 3 aromatic rings. The first-order chi connectivity index (χ1) is 12.5. The van der Waals surface area contributed by atoms with E-state index in [0.29, 0.717) is 10.9 Å². The molecule has 7 nitrogen and oxygen atoms in total. The van der Waals surface area contributed by atoms with Crippen molar-refractivity contribution in [2.75, 3.05) is 5.32 Å². The van der Waals surface area contributed by atoms with Gasteiger partial charge >= 0.3 is 0 Å². The summed E-state index contributed by atoms with van der Waals surface area (Å²) < 4.78 is 11.1. The van der Waals surface area contributed by atoms with Gasteiger partial charge in [0, 0.05) is 24.0 Å². The number of carbonyl (C=O) groups excluding carboxylic acids is 1. The molecule has 0 saturated carbocycles. The van der Waals surface area contributed by atoms with E-state index in [1.165, 1.54) is 11.3 Å². The van der Waals surface area contributed by atoms with E-state index in [-0.39, 0.29) is 23.6 Å². The Hall–Kier alpha value is -2.74. The molecule has 8 heteroatoms. The first-order valence-electron chi connectivity index (χ1n) is 8.41. The second-order valence-electron chi connectivity index (χ2n) is 6.59. The Bertz CT molecular complexity index is 963. The number of hydrogen-bond donors (Lipinski definition) is 1. The van der Waals surface area contributed by atoms with Crippen molar-refractivity contribution in [3.05, 3.63) is 40.5 Å². The Labute approximate surface area is 154 Å². The van der Waals surface area contributed by atoms with Crippen LogP contribution in [0.5, 0.6) is 5.75 Å². The Morgan fingerprint density at radius 2 is 2.15 bits per heavy atom. The molecule has 4 rings (SSSR count). The van der Waals surface area contributed by atoms with Gasteiger partial charge in [0.25, 0.3) is 5.91 Å². The number of benzene rings is 1. The lowest BCUT2D eigenvalue weighted by Gasteiger charge is -2.02. The van der Waals surface area contributed by atoms with E-state index in [4.69, 9.17) is 9.26 Å². The number of nitrogens with one attached hydrogen (secondary N) is 1. The molecule has 3 heterocycles. The van der Waals surface area contributed by atoms with E-state index in [9.17, 15) is 4.79 Å². The highest BCUT2D eigenvalue weighted by Crippen LogP contribution is 2.33. The van der Waals surface area contributed by atoms with Crippen LogP contribution in [-0.4, -0.2) is 27.4 Å². The molecule has 1 aliphatic rings. The van der Waals surface area contributed by atoms with Gasteiger partial charge in [-0.15, -0.1) is 10.2 Å². The van der Waals surface area contributed by atoms with Crippen LogP contribution in [0.2, 0.25) is 0 Å². The minimum atomic E-state index is -0.371. The summed E-state index contributed by atoms with van der Waals surface area (Å²) in [7, 11) is 0. The van der Waals surface area contributed by atoms with Gasteiger partial charge in [0.05, 0.1) is 0 Å². The van der Waals surface area contributed by atoms with E-state index in [1.54, 1.807) is 6.07 Å². The zero-order valence-electron chi connectivity index (χ0n) is 14.6. The lowest BCUT2D eigenvalue weighted by molar-refractivity contribution is 0.101. The Morgan fingerprint density at radius 3 is 2.92 bits per heavy atom. The van der Waals surface area contributed by atoms with Gasteiger partial charge in [-0.1, -0.05) is 30.3 Å². The van der Waals surface area contributed by atoms with Crippen LogP contribution in [0.4, 0.5) is 5.13 Å².